The average molecular weight is 497 g/mol. The van der Waals surface area contributed by atoms with E-state index < -0.39 is 32.7 Å². The highest BCUT2D eigenvalue weighted by atomic mass is 32.2. The van der Waals surface area contributed by atoms with Gasteiger partial charge in [0.15, 0.2) is 11.5 Å². The molecule has 2 heterocycles. The van der Waals surface area contributed by atoms with E-state index in [0.717, 1.165) is 16.4 Å². The van der Waals surface area contributed by atoms with Crippen molar-refractivity contribution in [3.63, 3.8) is 0 Å². The molecular weight excluding hydrogens is 473 g/mol. The highest BCUT2D eigenvalue weighted by Gasteiger charge is 2.43. The summed E-state index contributed by atoms with van der Waals surface area (Å²) in [6.07, 6.45) is -3.03. The zero-order valence-electron chi connectivity index (χ0n) is 18.7. The van der Waals surface area contributed by atoms with Crippen molar-refractivity contribution in [1.29, 1.82) is 0 Å². The number of fused-ring (bicyclic) bond motifs is 1. The molecule has 0 spiro atoms. The van der Waals surface area contributed by atoms with Crippen molar-refractivity contribution in [3.05, 3.63) is 71.5 Å². The van der Waals surface area contributed by atoms with Crippen molar-refractivity contribution < 1.29 is 35.8 Å². The molecule has 1 aliphatic rings. The minimum atomic E-state index is -4.83. The third kappa shape index (κ3) is 3.98. The molecule has 0 fully saturated rings. The molecule has 0 amide bonds. The van der Waals surface area contributed by atoms with E-state index >= 15 is 0 Å². The number of hydrogen-bond donors (Lipinski definition) is 0. The van der Waals surface area contributed by atoms with Gasteiger partial charge in [-0.25, -0.2) is 8.42 Å². The highest BCUT2D eigenvalue weighted by molar-refractivity contribution is 7.89. The molecule has 1 atom stereocenters. The maximum Gasteiger partial charge on any atom is 0.417 e. The van der Waals surface area contributed by atoms with Crippen LogP contribution in [-0.2, 0) is 22.7 Å². The summed E-state index contributed by atoms with van der Waals surface area (Å²) in [6, 6.07) is 9.99. The predicted octanol–water partition coefficient (Wildman–Crippen LogP) is 4.33. The fourth-order valence-corrected chi connectivity index (χ4v) is 6.06. The Hall–Kier alpha value is -3.18. The Morgan fingerprint density at radius 1 is 0.912 bits per heavy atom. The molecule has 1 aromatic heterocycles. The van der Waals surface area contributed by atoms with Gasteiger partial charge < -0.3 is 18.8 Å². The molecule has 0 N–H and O–H groups in total. The fraction of sp³-hybridized carbons (Fsp3) is 0.304. The maximum atomic E-state index is 13.7. The van der Waals surface area contributed by atoms with Crippen molar-refractivity contribution in [2.45, 2.75) is 23.7 Å². The van der Waals surface area contributed by atoms with E-state index in [-0.39, 0.29) is 13.1 Å². The Balaban J connectivity index is 1.93. The van der Waals surface area contributed by atoms with Gasteiger partial charge in [0.1, 0.15) is 0 Å². The Bertz CT molecular complexity index is 1280. The van der Waals surface area contributed by atoms with Gasteiger partial charge in [-0.05, 0) is 42.0 Å². The first-order valence-corrected chi connectivity index (χ1v) is 11.7. The van der Waals surface area contributed by atoms with Crippen LogP contribution in [0.25, 0.3) is 0 Å². The maximum absolute atomic E-state index is 13.7. The van der Waals surface area contributed by atoms with Gasteiger partial charge in [-0.3, -0.25) is 0 Å². The number of halogens is 3. The molecular formula is C23H23F3N2O5S. The van der Waals surface area contributed by atoms with Crippen LogP contribution in [0, 0.1) is 0 Å². The lowest BCUT2D eigenvalue weighted by atomic mass is 10.0. The quantitative estimate of drug-likeness (QED) is 0.508. The van der Waals surface area contributed by atoms with Gasteiger partial charge in [0.25, 0.3) is 0 Å². The molecule has 2 aromatic carbocycles. The molecule has 3 aromatic rings. The number of aromatic nitrogens is 1. The fourth-order valence-electron chi connectivity index (χ4n) is 4.27. The van der Waals surface area contributed by atoms with E-state index in [2.05, 4.69) is 0 Å². The largest absolute Gasteiger partial charge is 0.493 e. The van der Waals surface area contributed by atoms with Crippen LogP contribution in [0.5, 0.6) is 17.2 Å². The third-order valence-electron chi connectivity index (χ3n) is 5.78. The van der Waals surface area contributed by atoms with Crippen LogP contribution in [0.1, 0.15) is 22.9 Å². The molecule has 0 aliphatic carbocycles. The predicted molar refractivity (Wildman–Crippen MR) is 118 cm³/mol. The lowest BCUT2D eigenvalue weighted by Crippen LogP contribution is -2.42. The Kier molecular flexibility index (Phi) is 6.26. The number of rotatable bonds is 6. The van der Waals surface area contributed by atoms with Crippen LogP contribution in [0.3, 0.4) is 0 Å². The van der Waals surface area contributed by atoms with Gasteiger partial charge in [0.05, 0.1) is 37.8 Å². The first kappa shape index (κ1) is 24.0. The van der Waals surface area contributed by atoms with E-state index in [1.165, 1.54) is 33.5 Å². The average Bonchev–Trinajstić information content (AvgIpc) is 3.30. The second kappa shape index (κ2) is 8.88. The van der Waals surface area contributed by atoms with Crippen molar-refractivity contribution in [1.82, 2.24) is 8.87 Å². The summed E-state index contributed by atoms with van der Waals surface area (Å²) in [5.41, 5.74) is -0.143. The summed E-state index contributed by atoms with van der Waals surface area (Å²) in [5.74, 6) is 0.916. The molecule has 7 nitrogen and oxygen atoms in total. The van der Waals surface area contributed by atoms with Gasteiger partial charge in [-0.15, -0.1) is 0 Å². The smallest absolute Gasteiger partial charge is 0.417 e. The number of benzene rings is 2. The number of hydrogen-bond acceptors (Lipinski definition) is 5. The molecule has 0 radical (unpaired) electrons. The van der Waals surface area contributed by atoms with E-state index in [4.69, 9.17) is 14.2 Å². The zero-order valence-corrected chi connectivity index (χ0v) is 19.5. The summed E-state index contributed by atoms with van der Waals surface area (Å²) < 4.78 is 87.7. The van der Waals surface area contributed by atoms with Gasteiger partial charge in [-0.2, -0.15) is 17.5 Å². The van der Waals surface area contributed by atoms with Gasteiger partial charge in [0.2, 0.25) is 15.8 Å². The lowest BCUT2D eigenvalue weighted by Gasteiger charge is -2.37. The monoisotopic (exact) mass is 496 g/mol. The molecule has 1 aliphatic heterocycles. The highest BCUT2D eigenvalue weighted by Crippen LogP contribution is 2.45. The number of nitrogens with zero attached hydrogens (tertiary/aromatic N) is 2. The first-order chi connectivity index (χ1) is 16.1. The number of ether oxygens (including phenoxy) is 3. The molecule has 1 unspecified atom stereocenters. The van der Waals surface area contributed by atoms with Crippen LogP contribution < -0.4 is 14.2 Å². The van der Waals surface area contributed by atoms with Gasteiger partial charge >= 0.3 is 6.18 Å². The normalized spacial score (nSPS) is 16.7. The van der Waals surface area contributed by atoms with E-state index in [9.17, 15) is 21.6 Å². The second-order valence-electron chi connectivity index (χ2n) is 7.60. The van der Waals surface area contributed by atoms with Crippen molar-refractivity contribution in [2.24, 2.45) is 0 Å². The zero-order chi connectivity index (χ0) is 24.7. The summed E-state index contributed by atoms with van der Waals surface area (Å²) in [6.45, 7) is 0.258. The van der Waals surface area contributed by atoms with Crippen LogP contribution in [0.2, 0.25) is 0 Å². The van der Waals surface area contributed by atoms with E-state index in [1.807, 2.05) is 4.57 Å². The van der Waals surface area contributed by atoms with Crippen LogP contribution in [0.4, 0.5) is 13.2 Å². The number of methoxy groups -OCH3 is 3. The summed E-state index contributed by atoms with van der Waals surface area (Å²) in [4.78, 5) is -0.792. The molecule has 0 saturated heterocycles. The van der Waals surface area contributed by atoms with Crippen molar-refractivity contribution >= 4 is 10.0 Å². The Morgan fingerprint density at radius 2 is 1.56 bits per heavy atom. The summed E-state index contributed by atoms with van der Waals surface area (Å²) >= 11 is 0. The lowest BCUT2D eigenvalue weighted by molar-refractivity contribution is -0.139. The number of alkyl halides is 3. The summed E-state index contributed by atoms with van der Waals surface area (Å²) in [7, 11) is -0.262. The van der Waals surface area contributed by atoms with E-state index in [0.29, 0.717) is 28.5 Å². The minimum Gasteiger partial charge on any atom is -0.493 e. The third-order valence-corrected chi connectivity index (χ3v) is 7.70. The van der Waals surface area contributed by atoms with Crippen LogP contribution in [-0.4, -0.2) is 45.2 Å². The molecule has 34 heavy (non-hydrogen) atoms. The molecule has 182 valence electrons. The van der Waals surface area contributed by atoms with Crippen LogP contribution in [0.15, 0.2) is 59.6 Å². The topological polar surface area (TPSA) is 70.0 Å². The first-order valence-electron chi connectivity index (χ1n) is 10.3. The van der Waals surface area contributed by atoms with Gasteiger partial charge in [0, 0.05) is 25.0 Å². The van der Waals surface area contributed by atoms with Gasteiger partial charge in [-0.1, -0.05) is 12.1 Å². The Morgan fingerprint density at radius 3 is 2.15 bits per heavy atom. The molecule has 11 heteroatoms. The molecule has 0 bridgehead atoms. The van der Waals surface area contributed by atoms with Crippen LogP contribution >= 0.6 is 0 Å². The minimum absolute atomic E-state index is 0.0302. The van der Waals surface area contributed by atoms with Crippen molar-refractivity contribution in [2.75, 3.05) is 27.9 Å². The standard InChI is InChI=1S/C23H23F3N2O5S/c1-31-18-13-15(14-19(32-2)22(18)33-3)21-17-8-6-10-27(17)11-12-28(21)34(29,30)20-9-5-4-7-16(20)23(24,25)26/h4-10,13-14,21H,11-12H2,1-3H3. The number of sulfonamides is 1. The SMILES string of the molecule is COc1cc(C2c3cccn3CCN2S(=O)(=O)c2ccccc2C(F)(F)F)cc(OC)c1OC. The molecule has 4 rings (SSSR count). The molecule has 0 saturated carbocycles. The van der Waals surface area contributed by atoms with Crippen molar-refractivity contribution in [3.8, 4) is 17.2 Å². The van der Waals surface area contributed by atoms with E-state index in [1.54, 1.807) is 30.5 Å². The Labute approximate surface area is 195 Å². The second-order valence-corrected chi connectivity index (χ2v) is 9.46. The summed E-state index contributed by atoms with van der Waals surface area (Å²) in [5, 5.41) is 0.